The van der Waals surface area contributed by atoms with Gasteiger partial charge in [-0.05, 0) is 12.8 Å². The normalized spacial score (nSPS) is 18.4. The van der Waals surface area contributed by atoms with Crippen molar-refractivity contribution in [2.24, 2.45) is 0 Å². The molecule has 0 bridgehead atoms. The minimum Gasteiger partial charge on any atom is -0.465 e. The van der Waals surface area contributed by atoms with Gasteiger partial charge in [0.25, 0.3) is 0 Å². The van der Waals surface area contributed by atoms with Gasteiger partial charge < -0.3 is 10.0 Å². The molecule has 1 amide bonds. The van der Waals surface area contributed by atoms with Crippen LogP contribution in [0.3, 0.4) is 0 Å². The number of likely N-dealkylation sites (tertiary alicyclic amines) is 1. The molecule has 6 nitrogen and oxygen atoms in total. The van der Waals surface area contributed by atoms with Crippen LogP contribution < -0.4 is 0 Å². The Morgan fingerprint density at radius 3 is 2.79 bits per heavy atom. The van der Waals surface area contributed by atoms with Crippen LogP contribution in [-0.4, -0.2) is 44.4 Å². The Bertz CT molecular complexity index is 303. The number of hydrogen-bond donors (Lipinski definition) is 2. The average molecular weight is 196 g/mol. The Labute approximate surface area is 80.9 Å². The largest absolute Gasteiger partial charge is 0.465 e. The van der Waals surface area contributed by atoms with E-state index < -0.39 is 6.09 Å². The Morgan fingerprint density at radius 1 is 1.57 bits per heavy atom. The zero-order valence-corrected chi connectivity index (χ0v) is 7.68. The van der Waals surface area contributed by atoms with Crippen LogP contribution >= 0.6 is 0 Å². The van der Waals surface area contributed by atoms with Gasteiger partial charge in [-0.1, -0.05) is 0 Å². The van der Waals surface area contributed by atoms with Crippen LogP contribution in [0, 0.1) is 0 Å². The van der Waals surface area contributed by atoms with Crippen molar-refractivity contribution < 1.29 is 9.90 Å². The van der Waals surface area contributed by atoms with E-state index in [9.17, 15) is 4.79 Å². The summed E-state index contributed by atoms with van der Waals surface area (Å²) >= 11 is 0. The molecule has 0 radical (unpaired) electrons. The van der Waals surface area contributed by atoms with Gasteiger partial charge in [-0.25, -0.2) is 9.78 Å². The number of H-pyrrole nitrogens is 1. The molecule has 0 aromatic carbocycles. The van der Waals surface area contributed by atoms with Crippen molar-refractivity contribution in [1.29, 1.82) is 0 Å². The van der Waals surface area contributed by atoms with Gasteiger partial charge >= 0.3 is 6.09 Å². The molecule has 1 fully saturated rings. The number of amides is 1. The van der Waals surface area contributed by atoms with Gasteiger partial charge in [0.05, 0.1) is 0 Å². The minimum absolute atomic E-state index is 0.327. The van der Waals surface area contributed by atoms with E-state index in [0.29, 0.717) is 19.0 Å². The van der Waals surface area contributed by atoms with E-state index in [0.717, 1.165) is 18.7 Å². The van der Waals surface area contributed by atoms with E-state index in [1.165, 1.54) is 11.2 Å². The second kappa shape index (κ2) is 3.65. The molecular formula is C8H12N4O2. The molecule has 0 saturated carbocycles. The van der Waals surface area contributed by atoms with Crippen LogP contribution in [0.2, 0.25) is 0 Å². The van der Waals surface area contributed by atoms with Crippen molar-refractivity contribution in [2.75, 3.05) is 13.1 Å². The van der Waals surface area contributed by atoms with Crippen LogP contribution in [0.1, 0.15) is 24.6 Å². The van der Waals surface area contributed by atoms with E-state index in [4.69, 9.17) is 5.11 Å². The number of carboxylic acid groups (broad SMARTS) is 1. The molecule has 0 spiro atoms. The number of aromatic nitrogens is 3. The summed E-state index contributed by atoms with van der Waals surface area (Å²) in [4.78, 5) is 16.2. The van der Waals surface area contributed by atoms with Crippen LogP contribution in [0.4, 0.5) is 4.79 Å². The predicted octanol–water partition coefficient (Wildman–Crippen LogP) is 0.662. The van der Waals surface area contributed by atoms with E-state index in [2.05, 4.69) is 15.2 Å². The van der Waals surface area contributed by atoms with E-state index in [-0.39, 0.29) is 0 Å². The molecule has 0 unspecified atom stereocenters. The highest BCUT2D eigenvalue weighted by atomic mass is 16.4. The standard InChI is InChI=1S/C8H12N4O2/c13-8(14)12-3-1-6(2-4-12)7-9-5-10-11-7/h5-6H,1-4H2,(H,13,14)(H,9,10,11). The number of nitrogens with one attached hydrogen (secondary N) is 1. The third-order valence-corrected chi connectivity index (χ3v) is 2.59. The van der Waals surface area contributed by atoms with Crippen LogP contribution in [0.25, 0.3) is 0 Å². The Morgan fingerprint density at radius 2 is 2.29 bits per heavy atom. The number of rotatable bonds is 1. The Balaban J connectivity index is 1.93. The fourth-order valence-corrected chi connectivity index (χ4v) is 1.76. The molecule has 1 saturated heterocycles. The van der Waals surface area contributed by atoms with Crippen LogP contribution in [0.5, 0.6) is 0 Å². The fraction of sp³-hybridized carbons (Fsp3) is 0.625. The highest BCUT2D eigenvalue weighted by Crippen LogP contribution is 2.24. The summed E-state index contributed by atoms with van der Waals surface area (Å²) < 4.78 is 0. The summed E-state index contributed by atoms with van der Waals surface area (Å²) in [7, 11) is 0. The van der Waals surface area contributed by atoms with Crippen LogP contribution in [0.15, 0.2) is 6.33 Å². The van der Waals surface area contributed by atoms with Crippen molar-refractivity contribution in [1.82, 2.24) is 20.1 Å². The van der Waals surface area contributed by atoms with Crippen molar-refractivity contribution in [3.05, 3.63) is 12.2 Å². The lowest BCUT2D eigenvalue weighted by Crippen LogP contribution is -2.37. The predicted molar refractivity (Wildman–Crippen MR) is 48.0 cm³/mol. The third kappa shape index (κ3) is 1.68. The van der Waals surface area contributed by atoms with Crippen molar-refractivity contribution in [3.8, 4) is 0 Å². The van der Waals surface area contributed by atoms with Gasteiger partial charge in [-0.3, -0.25) is 5.10 Å². The molecule has 1 aromatic rings. The molecule has 1 aliphatic rings. The summed E-state index contributed by atoms with van der Waals surface area (Å²) in [6, 6.07) is 0. The maximum absolute atomic E-state index is 10.6. The number of carbonyl (C=O) groups is 1. The van der Waals surface area contributed by atoms with E-state index in [1.54, 1.807) is 0 Å². The van der Waals surface area contributed by atoms with E-state index >= 15 is 0 Å². The second-order valence-electron chi connectivity index (χ2n) is 3.41. The molecule has 1 aromatic heterocycles. The molecule has 1 aliphatic heterocycles. The zero-order valence-electron chi connectivity index (χ0n) is 7.68. The van der Waals surface area contributed by atoms with Crippen LogP contribution in [-0.2, 0) is 0 Å². The molecule has 14 heavy (non-hydrogen) atoms. The van der Waals surface area contributed by atoms with Crippen molar-refractivity contribution >= 4 is 6.09 Å². The molecular weight excluding hydrogens is 184 g/mol. The second-order valence-corrected chi connectivity index (χ2v) is 3.41. The monoisotopic (exact) mass is 196 g/mol. The summed E-state index contributed by atoms with van der Waals surface area (Å²) in [5.74, 6) is 1.20. The first kappa shape index (κ1) is 8.98. The van der Waals surface area contributed by atoms with Gasteiger partial charge in [0.15, 0.2) is 0 Å². The average Bonchev–Trinajstić information content (AvgIpc) is 2.71. The summed E-state index contributed by atoms with van der Waals surface area (Å²) in [6.07, 6.45) is 2.29. The lowest BCUT2D eigenvalue weighted by atomic mass is 9.96. The lowest BCUT2D eigenvalue weighted by molar-refractivity contribution is 0.131. The molecule has 76 valence electrons. The number of hydrogen-bond acceptors (Lipinski definition) is 3. The van der Waals surface area contributed by atoms with Crippen molar-refractivity contribution in [3.63, 3.8) is 0 Å². The van der Waals surface area contributed by atoms with Gasteiger partial charge in [0.2, 0.25) is 0 Å². The minimum atomic E-state index is -0.832. The van der Waals surface area contributed by atoms with Gasteiger partial charge in [-0.2, -0.15) is 5.10 Å². The van der Waals surface area contributed by atoms with Crippen molar-refractivity contribution in [2.45, 2.75) is 18.8 Å². The molecule has 2 rings (SSSR count). The first-order valence-electron chi connectivity index (χ1n) is 4.60. The number of aromatic amines is 1. The number of nitrogens with zero attached hydrogens (tertiary/aromatic N) is 3. The first-order chi connectivity index (χ1) is 6.77. The molecule has 6 heteroatoms. The fourth-order valence-electron chi connectivity index (χ4n) is 1.76. The molecule has 2 heterocycles. The zero-order chi connectivity index (χ0) is 9.97. The Kier molecular flexibility index (Phi) is 2.34. The highest BCUT2D eigenvalue weighted by Gasteiger charge is 2.24. The summed E-state index contributed by atoms with van der Waals surface area (Å²) in [5.41, 5.74) is 0. The maximum Gasteiger partial charge on any atom is 0.407 e. The summed E-state index contributed by atoms with van der Waals surface area (Å²) in [6.45, 7) is 1.17. The summed E-state index contributed by atoms with van der Waals surface area (Å²) in [5, 5.41) is 15.4. The quantitative estimate of drug-likeness (QED) is 0.691. The van der Waals surface area contributed by atoms with E-state index in [1.807, 2.05) is 0 Å². The van der Waals surface area contributed by atoms with Gasteiger partial charge in [-0.15, -0.1) is 0 Å². The highest BCUT2D eigenvalue weighted by molar-refractivity contribution is 5.65. The smallest absolute Gasteiger partial charge is 0.407 e. The van der Waals surface area contributed by atoms with Gasteiger partial charge in [0.1, 0.15) is 12.2 Å². The third-order valence-electron chi connectivity index (χ3n) is 2.59. The Hall–Kier alpha value is -1.59. The lowest BCUT2D eigenvalue weighted by Gasteiger charge is -2.28. The first-order valence-corrected chi connectivity index (χ1v) is 4.60. The molecule has 0 aliphatic carbocycles. The maximum atomic E-state index is 10.6. The topological polar surface area (TPSA) is 82.1 Å². The number of piperidine rings is 1. The SMILES string of the molecule is O=C(O)N1CCC(c2ncn[nH]2)CC1. The van der Waals surface area contributed by atoms with Gasteiger partial charge in [0, 0.05) is 19.0 Å². The molecule has 0 atom stereocenters. The molecule has 2 N–H and O–H groups in total.